The van der Waals surface area contributed by atoms with Crippen molar-refractivity contribution in [2.24, 2.45) is 0 Å². The van der Waals surface area contributed by atoms with Gasteiger partial charge in [-0.25, -0.2) is 4.79 Å². The number of nitrogens with one attached hydrogen (secondary N) is 2. The maximum atomic E-state index is 11.9. The van der Waals surface area contributed by atoms with Gasteiger partial charge in [-0.05, 0) is 24.1 Å². The Bertz CT molecular complexity index is 625. The monoisotopic (exact) mass is 328 g/mol. The van der Waals surface area contributed by atoms with Crippen LogP contribution in [0, 0.1) is 0 Å². The number of carbonyl (C=O) groups is 1. The van der Waals surface area contributed by atoms with Crippen LogP contribution in [-0.2, 0) is 0 Å². The van der Waals surface area contributed by atoms with E-state index in [2.05, 4.69) is 24.5 Å². The lowest BCUT2D eigenvalue weighted by molar-refractivity contribution is 0.262. The molecule has 6 heteroatoms. The van der Waals surface area contributed by atoms with Crippen molar-refractivity contribution in [3.63, 3.8) is 0 Å². The van der Waals surface area contributed by atoms with E-state index in [1.54, 1.807) is 29.5 Å². The first-order valence-corrected chi connectivity index (χ1v) is 7.71. The second-order valence-electron chi connectivity index (χ2n) is 4.57. The van der Waals surface area contributed by atoms with Crippen LogP contribution in [0.5, 0.6) is 0 Å². The van der Waals surface area contributed by atoms with Crippen molar-refractivity contribution < 1.29 is 4.79 Å². The van der Waals surface area contributed by atoms with Crippen molar-refractivity contribution >= 4 is 51.9 Å². The second-order valence-corrected chi connectivity index (χ2v) is 6.30. The van der Waals surface area contributed by atoms with Crippen LogP contribution in [0.3, 0.4) is 0 Å². The third-order valence-corrected chi connectivity index (χ3v) is 4.70. The zero-order chi connectivity index (χ0) is 14.7. The third-order valence-electron chi connectivity index (χ3n) is 2.65. The molecule has 2 aromatic rings. The summed E-state index contributed by atoms with van der Waals surface area (Å²) in [6.07, 6.45) is 0. The van der Waals surface area contributed by atoms with Crippen molar-refractivity contribution in [2.45, 2.75) is 19.8 Å². The smallest absolute Gasteiger partial charge is 0.307 e. The van der Waals surface area contributed by atoms with Gasteiger partial charge in [0.05, 0.1) is 21.4 Å². The zero-order valence-corrected chi connectivity index (χ0v) is 13.4. The van der Waals surface area contributed by atoms with Gasteiger partial charge in [0.1, 0.15) is 0 Å². The van der Waals surface area contributed by atoms with Crippen LogP contribution >= 0.6 is 34.5 Å². The van der Waals surface area contributed by atoms with E-state index in [4.69, 9.17) is 23.2 Å². The molecule has 20 heavy (non-hydrogen) atoms. The lowest BCUT2D eigenvalue weighted by atomic mass is 10.2. The number of carbonyl (C=O) groups excluding carboxylic acids is 1. The molecule has 3 nitrogen and oxygen atoms in total. The van der Waals surface area contributed by atoms with Crippen LogP contribution in [0.2, 0.25) is 10.0 Å². The Hall–Kier alpha value is -1.23. The third kappa shape index (κ3) is 3.66. The summed E-state index contributed by atoms with van der Waals surface area (Å²) in [6, 6.07) is 6.71. The first kappa shape index (κ1) is 15.2. The Balaban J connectivity index is 2.03. The maximum Gasteiger partial charge on any atom is 0.323 e. The van der Waals surface area contributed by atoms with Gasteiger partial charge < -0.3 is 10.6 Å². The number of amides is 2. The largest absolute Gasteiger partial charge is 0.323 e. The van der Waals surface area contributed by atoms with Crippen LogP contribution < -0.4 is 10.6 Å². The Morgan fingerprint density at radius 3 is 2.65 bits per heavy atom. The summed E-state index contributed by atoms with van der Waals surface area (Å²) in [4.78, 5) is 13.1. The van der Waals surface area contributed by atoms with Crippen LogP contribution in [0.15, 0.2) is 29.6 Å². The van der Waals surface area contributed by atoms with Gasteiger partial charge >= 0.3 is 6.03 Å². The highest BCUT2D eigenvalue weighted by Gasteiger charge is 2.10. The molecular weight excluding hydrogens is 315 g/mol. The Labute approximate surface area is 131 Å². The molecule has 1 aromatic heterocycles. The molecule has 0 unspecified atom stereocenters. The average Bonchev–Trinajstić information content (AvgIpc) is 2.83. The summed E-state index contributed by atoms with van der Waals surface area (Å²) in [6.45, 7) is 4.23. The van der Waals surface area contributed by atoms with Crippen molar-refractivity contribution in [2.75, 3.05) is 10.6 Å². The van der Waals surface area contributed by atoms with Gasteiger partial charge in [0.15, 0.2) is 0 Å². The van der Waals surface area contributed by atoms with E-state index in [-0.39, 0.29) is 6.03 Å². The van der Waals surface area contributed by atoms with Crippen LogP contribution in [0.25, 0.3) is 0 Å². The SMILES string of the molecule is CC(C)c1cc(NC(=O)Nc2cccc(Cl)c2Cl)cs1. The predicted octanol–water partition coefficient (Wildman–Crippen LogP) is 5.82. The van der Waals surface area contributed by atoms with Gasteiger partial charge in [0.2, 0.25) is 0 Å². The van der Waals surface area contributed by atoms with E-state index in [0.717, 1.165) is 5.69 Å². The van der Waals surface area contributed by atoms with Gasteiger partial charge in [-0.2, -0.15) is 0 Å². The number of halogens is 2. The predicted molar refractivity (Wildman–Crippen MR) is 87.5 cm³/mol. The second kappa shape index (κ2) is 6.48. The normalized spacial score (nSPS) is 10.7. The van der Waals surface area contributed by atoms with E-state index in [9.17, 15) is 4.79 Å². The number of urea groups is 1. The zero-order valence-electron chi connectivity index (χ0n) is 11.0. The Kier molecular flexibility index (Phi) is 4.91. The fourth-order valence-corrected chi connectivity index (χ4v) is 2.81. The highest BCUT2D eigenvalue weighted by Crippen LogP contribution is 2.30. The fourth-order valence-electron chi connectivity index (χ4n) is 1.61. The van der Waals surface area contributed by atoms with E-state index < -0.39 is 0 Å². The molecule has 0 spiro atoms. The molecule has 0 aliphatic carbocycles. The number of hydrogen-bond acceptors (Lipinski definition) is 2. The van der Waals surface area contributed by atoms with Crippen LogP contribution in [0.1, 0.15) is 24.6 Å². The minimum Gasteiger partial charge on any atom is -0.307 e. The molecule has 0 bridgehead atoms. The molecule has 0 saturated carbocycles. The van der Waals surface area contributed by atoms with E-state index >= 15 is 0 Å². The summed E-state index contributed by atoms with van der Waals surface area (Å²) >= 11 is 13.5. The van der Waals surface area contributed by atoms with Crippen LogP contribution in [-0.4, -0.2) is 6.03 Å². The standard InChI is InChI=1S/C14H14Cl2N2OS/c1-8(2)12-6-9(7-20-12)17-14(19)18-11-5-3-4-10(15)13(11)16/h3-8H,1-2H3,(H2,17,18,19). The number of benzene rings is 1. The minimum absolute atomic E-state index is 0.331. The van der Waals surface area contributed by atoms with Gasteiger partial charge in [0, 0.05) is 10.3 Å². The summed E-state index contributed by atoms with van der Waals surface area (Å²) < 4.78 is 0. The lowest BCUT2D eigenvalue weighted by Gasteiger charge is -2.08. The van der Waals surface area contributed by atoms with Crippen LogP contribution in [0.4, 0.5) is 16.2 Å². The Morgan fingerprint density at radius 1 is 1.25 bits per heavy atom. The van der Waals surface area contributed by atoms with Gasteiger partial charge in [-0.1, -0.05) is 43.1 Å². The maximum absolute atomic E-state index is 11.9. The minimum atomic E-state index is -0.345. The molecule has 0 fully saturated rings. The molecule has 0 radical (unpaired) electrons. The highest BCUT2D eigenvalue weighted by molar-refractivity contribution is 7.10. The van der Waals surface area contributed by atoms with Gasteiger partial charge in [-0.15, -0.1) is 11.3 Å². The Morgan fingerprint density at radius 2 is 2.00 bits per heavy atom. The molecule has 0 aliphatic heterocycles. The van der Waals surface area contributed by atoms with E-state index in [0.29, 0.717) is 21.7 Å². The number of rotatable bonds is 3. The summed E-state index contributed by atoms with van der Waals surface area (Å²) in [7, 11) is 0. The van der Waals surface area contributed by atoms with Crippen molar-refractivity contribution in [3.05, 3.63) is 44.6 Å². The molecule has 1 heterocycles. The van der Waals surface area contributed by atoms with E-state index in [1.165, 1.54) is 4.88 Å². The summed E-state index contributed by atoms with van der Waals surface area (Å²) in [5.74, 6) is 0.445. The van der Waals surface area contributed by atoms with E-state index in [1.807, 2.05) is 11.4 Å². The molecule has 2 amide bonds. The topological polar surface area (TPSA) is 41.1 Å². The summed E-state index contributed by atoms with van der Waals surface area (Å²) in [5.41, 5.74) is 1.25. The molecule has 106 valence electrons. The van der Waals surface area contributed by atoms with Crippen molar-refractivity contribution in [3.8, 4) is 0 Å². The molecule has 1 aromatic carbocycles. The first-order valence-electron chi connectivity index (χ1n) is 6.08. The van der Waals surface area contributed by atoms with Gasteiger partial charge in [-0.3, -0.25) is 0 Å². The quantitative estimate of drug-likeness (QED) is 0.731. The molecule has 0 aliphatic rings. The number of thiophene rings is 1. The fraction of sp³-hybridized carbons (Fsp3) is 0.214. The number of anilines is 2. The van der Waals surface area contributed by atoms with Gasteiger partial charge in [0.25, 0.3) is 0 Å². The molecule has 2 rings (SSSR count). The summed E-state index contributed by atoms with van der Waals surface area (Å²) in [5, 5.41) is 8.09. The molecule has 0 saturated heterocycles. The van der Waals surface area contributed by atoms with Crippen molar-refractivity contribution in [1.82, 2.24) is 0 Å². The lowest BCUT2D eigenvalue weighted by Crippen LogP contribution is -2.19. The highest BCUT2D eigenvalue weighted by atomic mass is 35.5. The molecular formula is C14H14Cl2N2OS. The number of hydrogen-bond donors (Lipinski definition) is 2. The molecule has 0 atom stereocenters. The first-order chi connectivity index (χ1) is 9.47. The average molecular weight is 329 g/mol. The van der Waals surface area contributed by atoms with Crippen molar-refractivity contribution in [1.29, 1.82) is 0 Å². The molecule has 2 N–H and O–H groups in total.